The van der Waals surface area contributed by atoms with E-state index in [1.54, 1.807) is 48.5 Å². The van der Waals surface area contributed by atoms with E-state index in [9.17, 15) is 8.22 Å². The second kappa shape index (κ2) is 10.4. The number of furan rings is 1. The van der Waals surface area contributed by atoms with Crippen LogP contribution in [0.5, 0.6) is 0 Å². The quantitative estimate of drug-likeness (QED) is 0.185. The van der Waals surface area contributed by atoms with Crippen LogP contribution in [0.4, 0.5) is 0 Å². The summed E-state index contributed by atoms with van der Waals surface area (Å²) in [5.74, 6) is 0. The monoisotopic (exact) mass is 592 g/mol. The van der Waals surface area contributed by atoms with Gasteiger partial charge >= 0.3 is 0 Å². The van der Waals surface area contributed by atoms with E-state index in [1.807, 2.05) is 0 Å². The van der Waals surface area contributed by atoms with Crippen molar-refractivity contribution in [2.75, 3.05) is 0 Å². The van der Waals surface area contributed by atoms with Crippen molar-refractivity contribution < 1.29 is 31.8 Å². The van der Waals surface area contributed by atoms with Crippen LogP contribution in [-0.2, 0) is 0 Å². The van der Waals surface area contributed by atoms with Gasteiger partial charge in [-0.1, -0.05) is 145 Å². The predicted octanol–water partition coefficient (Wildman–Crippen LogP) is 12.6. The smallest absolute Gasteiger partial charge is 0.136 e. The van der Waals surface area contributed by atoms with Crippen molar-refractivity contribution in [3.05, 3.63) is 169 Å². The van der Waals surface area contributed by atoms with Gasteiger partial charge in [-0.15, -0.1) is 0 Å². The lowest BCUT2D eigenvalue weighted by Crippen LogP contribution is -1.91. The van der Waals surface area contributed by atoms with E-state index in [4.69, 9.17) is 23.6 Å². The number of hydrogen-bond donors (Lipinski definition) is 0. The summed E-state index contributed by atoms with van der Waals surface area (Å²) in [5, 5.41) is 0.807. The highest BCUT2D eigenvalue weighted by molar-refractivity contribution is 6.22. The molecule has 0 radical (unpaired) electrons. The Balaban J connectivity index is 1.37. The van der Waals surface area contributed by atoms with E-state index in [0.29, 0.717) is 21.5 Å². The summed E-state index contributed by atoms with van der Waals surface area (Å²) in [4.78, 5) is 0. The summed E-state index contributed by atoms with van der Waals surface area (Å²) in [7, 11) is 0. The van der Waals surface area contributed by atoms with E-state index >= 15 is 0 Å². The molecule has 0 aliphatic carbocycles. The predicted molar refractivity (Wildman–Crippen MR) is 190 cm³/mol. The molecule has 0 saturated carbocycles. The standard InChI is InChI=1S/C44H28O/c1-3-11-29(12-4-1)31-19-21-32(22-20-31)43-36-15-7-9-17-38(36)44(39-18-10-8-16-37(39)43)34-23-25-35-40-27-33(30-13-5-2-6-14-30)24-26-41(40)45-42(35)28-34/h1-28H/i1D,2D,3D,4D,5D,6D,11D,12D,13D,14D,19D,20D,21D,22D,23D,24D,25D,26D,27D,28D. The van der Waals surface area contributed by atoms with Crippen molar-refractivity contribution in [2.24, 2.45) is 0 Å². The number of benzene rings is 8. The molecule has 9 rings (SSSR count). The molecule has 0 N–H and O–H groups in total. The van der Waals surface area contributed by atoms with Gasteiger partial charge < -0.3 is 4.42 Å². The molecule has 0 aliphatic heterocycles. The van der Waals surface area contributed by atoms with Crippen molar-refractivity contribution in [3.8, 4) is 44.5 Å². The minimum absolute atomic E-state index is 0.133. The molecule has 0 spiro atoms. The molecule has 0 fully saturated rings. The van der Waals surface area contributed by atoms with Gasteiger partial charge in [0, 0.05) is 10.8 Å². The number of hydrogen-bond acceptors (Lipinski definition) is 1. The maximum Gasteiger partial charge on any atom is 0.136 e. The van der Waals surface area contributed by atoms with Crippen LogP contribution in [0.1, 0.15) is 27.4 Å². The Kier molecular flexibility index (Phi) is 2.90. The van der Waals surface area contributed by atoms with Crippen molar-refractivity contribution in [1.82, 2.24) is 0 Å². The topological polar surface area (TPSA) is 13.1 Å². The van der Waals surface area contributed by atoms with Crippen LogP contribution in [0.25, 0.3) is 88.0 Å². The summed E-state index contributed by atoms with van der Waals surface area (Å²) in [6.45, 7) is 0. The van der Waals surface area contributed by atoms with Crippen molar-refractivity contribution in [2.45, 2.75) is 0 Å². The molecule has 45 heavy (non-hydrogen) atoms. The second-order valence-corrected chi connectivity index (χ2v) is 10.1. The molecule has 0 bridgehead atoms. The average Bonchev–Trinajstić information content (AvgIpc) is 3.71. The Morgan fingerprint density at radius 2 is 0.800 bits per heavy atom. The van der Waals surface area contributed by atoms with Crippen LogP contribution in [0, 0.1) is 0 Å². The fourth-order valence-corrected chi connectivity index (χ4v) is 5.62. The Bertz CT molecular complexity index is 3520. The third kappa shape index (κ3) is 4.24. The van der Waals surface area contributed by atoms with Crippen molar-refractivity contribution >= 4 is 43.5 Å². The lowest BCUT2D eigenvalue weighted by molar-refractivity contribution is 0.669. The third-order valence-electron chi connectivity index (χ3n) is 7.57. The first-order valence-electron chi connectivity index (χ1n) is 23.8. The number of rotatable bonds is 4. The molecule has 0 amide bonds. The lowest BCUT2D eigenvalue weighted by Gasteiger charge is -2.18. The summed E-state index contributed by atoms with van der Waals surface area (Å²) in [6.07, 6.45) is 0. The van der Waals surface area contributed by atoms with Gasteiger partial charge in [0.1, 0.15) is 11.2 Å². The van der Waals surface area contributed by atoms with Gasteiger partial charge in [0.25, 0.3) is 0 Å². The summed E-state index contributed by atoms with van der Waals surface area (Å²) in [5.41, 5.74) is -2.61. The number of fused-ring (bicyclic) bond motifs is 5. The van der Waals surface area contributed by atoms with Crippen LogP contribution in [0.15, 0.2) is 174 Å². The van der Waals surface area contributed by atoms with Gasteiger partial charge in [0.15, 0.2) is 0 Å². The Hall–Kier alpha value is -5.92. The summed E-state index contributed by atoms with van der Waals surface area (Å²) >= 11 is 0. The fraction of sp³-hybridized carbons (Fsp3) is 0. The second-order valence-electron chi connectivity index (χ2n) is 10.1. The molecular formula is C44H28O. The first kappa shape index (κ1) is 12.6. The first-order valence-corrected chi connectivity index (χ1v) is 13.8. The van der Waals surface area contributed by atoms with E-state index < -0.39 is 149 Å². The highest BCUT2D eigenvalue weighted by Crippen LogP contribution is 2.45. The SMILES string of the molecule is [2H]c1c([2H])c([2H])c(-c2c([2H])c([2H])c(-c3c4ccccc4c(-c4c([2H])c([2H])c5c(oc6c([2H])c([2H])c(-c7c([2H])c([2H])c([2H])c([2H])c7[2H])c([2H])c65)c4[2H])c4ccccc34)c([2H])c2[2H])c([2H])c1[2H]. The zero-order chi connectivity index (χ0) is 47.1. The van der Waals surface area contributed by atoms with Crippen LogP contribution in [0.3, 0.4) is 0 Å². The highest BCUT2D eigenvalue weighted by atomic mass is 16.3. The van der Waals surface area contributed by atoms with Gasteiger partial charge in [0.2, 0.25) is 0 Å². The largest absolute Gasteiger partial charge is 0.456 e. The van der Waals surface area contributed by atoms with Crippen LogP contribution in [0.2, 0.25) is 0 Å². The minimum Gasteiger partial charge on any atom is -0.456 e. The first-order chi connectivity index (χ1) is 30.7. The summed E-state index contributed by atoms with van der Waals surface area (Å²) in [6, 6.07) is 0.0548. The summed E-state index contributed by atoms with van der Waals surface area (Å²) < 4.78 is 181. The maximum atomic E-state index is 9.61. The van der Waals surface area contributed by atoms with Crippen molar-refractivity contribution in [3.63, 3.8) is 0 Å². The lowest BCUT2D eigenvalue weighted by atomic mass is 9.85. The van der Waals surface area contributed by atoms with Gasteiger partial charge in [-0.25, -0.2) is 0 Å². The van der Waals surface area contributed by atoms with Gasteiger partial charge in [0.05, 0.1) is 27.4 Å². The molecule has 210 valence electrons. The van der Waals surface area contributed by atoms with E-state index in [-0.39, 0.29) is 38.6 Å². The Morgan fingerprint density at radius 1 is 0.333 bits per heavy atom. The third-order valence-corrected chi connectivity index (χ3v) is 7.57. The molecule has 0 unspecified atom stereocenters. The van der Waals surface area contributed by atoms with E-state index in [1.165, 1.54) is 0 Å². The van der Waals surface area contributed by atoms with Gasteiger partial charge in [-0.2, -0.15) is 0 Å². The van der Waals surface area contributed by atoms with E-state index in [2.05, 4.69) is 0 Å². The van der Waals surface area contributed by atoms with Gasteiger partial charge in [-0.3, -0.25) is 0 Å². The molecule has 0 saturated heterocycles. The Morgan fingerprint density at radius 3 is 1.40 bits per heavy atom. The molecule has 1 heteroatoms. The van der Waals surface area contributed by atoms with Crippen LogP contribution in [-0.4, -0.2) is 0 Å². The molecule has 1 aromatic heterocycles. The molecule has 0 atom stereocenters. The Labute approximate surface area is 289 Å². The normalized spacial score (nSPS) is 17.8. The molecule has 0 aliphatic rings. The van der Waals surface area contributed by atoms with Crippen LogP contribution >= 0.6 is 0 Å². The maximum absolute atomic E-state index is 9.61. The molecule has 8 aromatic carbocycles. The molecule has 9 aromatic rings. The van der Waals surface area contributed by atoms with Gasteiger partial charge in [-0.05, 0) is 90.2 Å². The van der Waals surface area contributed by atoms with E-state index in [0.717, 1.165) is 0 Å². The average molecular weight is 593 g/mol. The van der Waals surface area contributed by atoms with Crippen LogP contribution < -0.4 is 0 Å². The zero-order valence-corrected chi connectivity index (χ0v) is 23.0. The molecular weight excluding hydrogens is 544 g/mol. The zero-order valence-electron chi connectivity index (χ0n) is 43.0. The fourth-order valence-electron chi connectivity index (χ4n) is 5.62. The van der Waals surface area contributed by atoms with Crippen molar-refractivity contribution in [1.29, 1.82) is 0 Å². The molecule has 1 heterocycles. The minimum atomic E-state index is -0.731. The molecule has 1 nitrogen and oxygen atoms in total. The highest BCUT2D eigenvalue weighted by Gasteiger charge is 2.18.